The molecule has 0 saturated carbocycles. The summed E-state index contributed by atoms with van der Waals surface area (Å²) in [6, 6.07) is 0. The molecular weight excluding hydrogens is 472 g/mol. The monoisotopic (exact) mass is 534 g/mol. The molecule has 0 aliphatic heterocycles. The summed E-state index contributed by atoms with van der Waals surface area (Å²) < 4.78 is 4.90. The topological polar surface area (TPSA) is 63.6 Å². The molecule has 0 radical (unpaired) electrons. The van der Waals surface area contributed by atoms with Gasteiger partial charge >= 0.3 is 11.9 Å². The summed E-state index contributed by atoms with van der Waals surface area (Å²) in [6.07, 6.45) is 37.1. The van der Waals surface area contributed by atoms with E-state index in [1.807, 2.05) is 0 Å². The van der Waals surface area contributed by atoms with Crippen LogP contribution in [0.5, 0.6) is 0 Å². The van der Waals surface area contributed by atoms with Gasteiger partial charge in [0, 0.05) is 0 Å². The summed E-state index contributed by atoms with van der Waals surface area (Å²) in [4.78, 5) is 22.9. The van der Waals surface area contributed by atoms with E-state index in [0.29, 0.717) is 6.42 Å². The number of carboxylic acid groups (broad SMARTS) is 1. The van der Waals surface area contributed by atoms with Gasteiger partial charge in [-0.1, -0.05) is 154 Å². The Labute approximate surface area is 236 Å². The Morgan fingerprint density at radius 1 is 0.658 bits per heavy atom. The van der Waals surface area contributed by atoms with E-state index in [4.69, 9.17) is 4.74 Å². The van der Waals surface area contributed by atoms with E-state index in [1.165, 1.54) is 128 Å². The van der Waals surface area contributed by atoms with E-state index in [9.17, 15) is 14.7 Å². The summed E-state index contributed by atoms with van der Waals surface area (Å²) in [5.74, 6) is -2.03. The largest absolute Gasteiger partial charge is 0.481 e. The first-order chi connectivity index (χ1) is 18.6. The molecule has 0 saturated heterocycles. The normalized spacial score (nSPS) is 12.1. The number of rotatable bonds is 30. The van der Waals surface area contributed by atoms with Crippen LogP contribution in [0.25, 0.3) is 0 Å². The lowest BCUT2D eigenvalue weighted by atomic mass is 9.98. The molecule has 0 fully saturated rings. The van der Waals surface area contributed by atoms with Crippen LogP contribution in [0.3, 0.4) is 0 Å². The Hall–Kier alpha value is -1.58. The van der Waals surface area contributed by atoms with Crippen molar-refractivity contribution in [2.24, 2.45) is 5.92 Å². The number of ether oxygens (including phenoxy) is 1. The molecule has 222 valence electrons. The molecule has 0 aromatic carbocycles. The Morgan fingerprint density at radius 3 is 1.45 bits per heavy atom. The maximum absolute atomic E-state index is 11.6. The van der Waals surface area contributed by atoms with Gasteiger partial charge in [0.1, 0.15) is 6.61 Å². The second-order valence-electron chi connectivity index (χ2n) is 11.1. The molecule has 0 rings (SSSR count). The first kappa shape index (κ1) is 36.4. The second kappa shape index (κ2) is 30.0. The van der Waals surface area contributed by atoms with Crippen molar-refractivity contribution >= 4 is 11.9 Å². The third-order valence-electron chi connectivity index (χ3n) is 7.44. The molecule has 1 N–H and O–H groups in total. The Kier molecular flexibility index (Phi) is 28.7. The fraction of sp³-hybridized carbons (Fsp3) is 0.824. The van der Waals surface area contributed by atoms with Gasteiger partial charge in [0.05, 0.1) is 12.3 Å². The molecule has 0 aliphatic rings. The lowest BCUT2D eigenvalue weighted by molar-refractivity contribution is -0.151. The van der Waals surface area contributed by atoms with Crippen molar-refractivity contribution in [3.63, 3.8) is 0 Å². The third kappa shape index (κ3) is 27.5. The summed E-state index contributed by atoms with van der Waals surface area (Å²) in [5, 5.41) is 9.29. The maximum atomic E-state index is 11.6. The zero-order valence-corrected chi connectivity index (χ0v) is 25.1. The molecule has 1 atom stereocenters. The summed E-state index contributed by atoms with van der Waals surface area (Å²) in [5.41, 5.74) is 0. The number of carbonyl (C=O) groups excluding carboxylic acids is 1. The SMILES string of the molecule is C=CCOC(=O)CC(CCCC/C=C/CCCCCCCCCCCCCCCCCCCCC)C(=O)O. The van der Waals surface area contributed by atoms with Gasteiger partial charge in [-0.2, -0.15) is 0 Å². The zero-order chi connectivity index (χ0) is 27.9. The highest BCUT2D eigenvalue weighted by atomic mass is 16.5. The predicted octanol–water partition coefficient (Wildman–Crippen LogP) is 10.7. The predicted molar refractivity (Wildman–Crippen MR) is 163 cm³/mol. The molecule has 4 heteroatoms. The quantitative estimate of drug-likeness (QED) is 0.0565. The maximum Gasteiger partial charge on any atom is 0.307 e. The Bertz CT molecular complexity index is 569. The fourth-order valence-corrected chi connectivity index (χ4v) is 4.95. The first-order valence-corrected chi connectivity index (χ1v) is 16.3. The number of esters is 1. The van der Waals surface area contributed by atoms with Crippen LogP contribution in [0.4, 0.5) is 0 Å². The van der Waals surface area contributed by atoms with Crippen LogP contribution >= 0.6 is 0 Å². The van der Waals surface area contributed by atoms with E-state index >= 15 is 0 Å². The fourth-order valence-electron chi connectivity index (χ4n) is 4.95. The molecule has 0 aliphatic carbocycles. The molecule has 0 amide bonds. The van der Waals surface area contributed by atoms with Gasteiger partial charge in [-0.25, -0.2) is 0 Å². The Morgan fingerprint density at radius 2 is 1.05 bits per heavy atom. The lowest BCUT2D eigenvalue weighted by Gasteiger charge is -2.11. The molecule has 38 heavy (non-hydrogen) atoms. The van der Waals surface area contributed by atoms with Crippen molar-refractivity contribution in [2.75, 3.05) is 6.61 Å². The first-order valence-electron chi connectivity index (χ1n) is 16.3. The van der Waals surface area contributed by atoms with E-state index < -0.39 is 17.9 Å². The second-order valence-corrected chi connectivity index (χ2v) is 11.1. The van der Waals surface area contributed by atoms with Crippen molar-refractivity contribution in [3.05, 3.63) is 24.8 Å². The number of hydrogen-bond acceptors (Lipinski definition) is 3. The van der Waals surface area contributed by atoms with Crippen LogP contribution < -0.4 is 0 Å². The number of unbranched alkanes of at least 4 members (excludes halogenated alkanes) is 21. The number of aliphatic carboxylic acids is 1. The molecular formula is C34H62O4. The van der Waals surface area contributed by atoms with Crippen LogP contribution in [0.1, 0.15) is 167 Å². The molecule has 4 nitrogen and oxygen atoms in total. The van der Waals surface area contributed by atoms with Crippen molar-refractivity contribution < 1.29 is 19.4 Å². The average Bonchev–Trinajstić information content (AvgIpc) is 2.91. The van der Waals surface area contributed by atoms with Gasteiger partial charge in [0.2, 0.25) is 0 Å². The number of carbonyl (C=O) groups is 2. The molecule has 0 spiro atoms. The lowest BCUT2D eigenvalue weighted by Crippen LogP contribution is -2.19. The minimum atomic E-state index is -0.916. The van der Waals surface area contributed by atoms with Crippen LogP contribution in [-0.2, 0) is 14.3 Å². The molecule has 0 bridgehead atoms. The third-order valence-corrected chi connectivity index (χ3v) is 7.44. The highest BCUT2D eigenvalue weighted by molar-refractivity contribution is 5.78. The minimum absolute atomic E-state index is 0.0571. The van der Waals surface area contributed by atoms with E-state index in [1.54, 1.807) is 0 Å². The highest BCUT2D eigenvalue weighted by Gasteiger charge is 2.21. The van der Waals surface area contributed by atoms with Crippen molar-refractivity contribution in [2.45, 2.75) is 167 Å². The van der Waals surface area contributed by atoms with E-state index in [2.05, 4.69) is 25.7 Å². The van der Waals surface area contributed by atoms with Gasteiger partial charge in [0.15, 0.2) is 0 Å². The van der Waals surface area contributed by atoms with Gasteiger partial charge in [-0.05, 0) is 32.1 Å². The van der Waals surface area contributed by atoms with Crippen LogP contribution in [0, 0.1) is 5.92 Å². The molecule has 0 aromatic rings. The van der Waals surface area contributed by atoms with Gasteiger partial charge in [-0.15, -0.1) is 0 Å². The molecule has 0 heterocycles. The van der Waals surface area contributed by atoms with Crippen molar-refractivity contribution in [1.82, 2.24) is 0 Å². The molecule has 1 unspecified atom stereocenters. The average molecular weight is 535 g/mol. The number of carboxylic acids is 1. The van der Waals surface area contributed by atoms with Gasteiger partial charge in [-0.3, -0.25) is 9.59 Å². The number of hydrogen-bond donors (Lipinski definition) is 1. The summed E-state index contributed by atoms with van der Waals surface area (Å²) in [6.45, 7) is 5.91. The van der Waals surface area contributed by atoms with Crippen LogP contribution in [-0.4, -0.2) is 23.7 Å². The standard InChI is InChI=1S/C34H62O4/c1-3-5-6-7-8-9-10-11-12-13-14-15-16-17-18-19-20-21-22-23-24-25-26-27-28-29-32(34(36)37)31-33(35)38-30-4-2/h4,24-25,32H,2-3,5-23,26-31H2,1H3,(H,36,37)/b25-24+. The van der Waals surface area contributed by atoms with Crippen LogP contribution in [0.15, 0.2) is 24.8 Å². The minimum Gasteiger partial charge on any atom is -0.481 e. The van der Waals surface area contributed by atoms with E-state index in [0.717, 1.165) is 25.7 Å². The highest BCUT2D eigenvalue weighted by Crippen LogP contribution is 2.17. The van der Waals surface area contributed by atoms with Crippen molar-refractivity contribution in [1.29, 1.82) is 0 Å². The number of allylic oxidation sites excluding steroid dienone is 2. The van der Waals surface area contributed by atoms with E-state index in [-0.39, 0.29) is 13.0 Å². The van der Waals surface area contributed by atoms with Gasteiger partial charge < -0.3 is 9.84 Å². The zero-order valence-electron chi connectivity index (χ0n) is 25.1. The smallest absolute Gasteiger partial charge is 0.307 e. The van der Waals surface area contributed by atoms with Crippen molar-refractivity contribution in [3.8, 4) is 0 Å². The summed E-state index contributed by atoms with van der Waals surface area (Å²) in [7, 11) is 0. The summed E-state index contributed by atoms with van der Waals surface area (Å²) >= 11 is 0. The Balaban J connectivity index is 3.36. The van der Waals surface area contributed by atoms with Gasteiger partial charge in [0.25, 0.3) is 0 Å². The molecule has 0 aromatic heterocycles. The van der Waals surface area contributed by atoms with Crippen LogP contribution in [0.2, 0.25) is 0 Å².